The molecule has 2 amide bonds. The van der Waals surface area contributed by atoms with Gasteiger partial charge in [0.25, 0.3) is 0 Å². The van der Waals surface area contributed by atoms with Gasteiger partial charge in [0.15, 0.2) is 0 Å². The molecule has 1 aromatic heterocycles. The topological polar surface area (TPSA) is 45.6 Å². The van der Waals surface area contributed by atoms with Crippen LogP contribution in [0.1, 0.15) is 55.8 Å². The lowest BCUT2D eigenvalue weighted by Crippen LogP contribution is -2.48. The van der Waals surface area contributed by atoms with Gasteiger partial charge in [-0.15, -0.1) is 0 Å². The van der Waals surface area contributed by atoms with Crippen molar-refractivity contribution < 1.29 is 9.59 Å². The SMILES string of the molecule is O=C(C1CCCC1)N(CC(=O)N1c2ccccc2-n2cccc2C1c1ccccc1)C1CC1. The third-order valence-corrected chi connectivity index (χ3v) is 7.38. The van der Waals surface area contributed by atoms with E-state index in [9.17, 15) is 9.59 Å². The fourth-order valence-corrected chi connectivity index (χ4v) is 5.62. The van der Waals surface area contributed by atoms with E-state index in [1.807, 2.05) is 52.3 Å². The van der Waals surface area contributed by atoms with Crippen LogP contribution in [0.3, 0.4) is 0 Å². The summed E-state index contributed by atoms with van der Waals surface area (Å²) in [6.07, 6.45) is 8.24. The highest BCUT2D eigenvalue weighted by Gasteiger charge is 2.41. The van der Waals surface area contributed by atoms with Gasteiger partial charge in [0.2, 0.25) is 11.8 Å². The Balaban J connectivity index is 1.39. The van der Waals surface area contributed by atoms with Crippen LogP contribution >= 0.6 is 0 Å². The molecule has 0 radical (unpaired) electrons. The largest absolute Gasteiger partial charge is 0.330 e. The van der Waals surface area contributed by atoms with E-state index < -0.39 is 0 Å². The van der Waals surface area contributed by atoms with Crippen LogP contribution in [-0.2, 0) is 9.59 Å². The van der Waals surface area contributed by atoms with Gasteiger partial charge < -0.3 is 9.47 Å². The summed E-state index contributed by atoms with van der Waals surface area (Å²) < 4.78 is 2.18. The van der Waals surface area contributed by atoms with Gasteiger partial charge >= 0.3 is 0 Å². The maximum atomic E-state index is 14.1. The molecule has 3 aliphatic rings. The molecular formula is C28H29N3O2. The smallest absolute Gasteiger partial charge is 0.247 e. The summed E-state index contributed by atoms with van der Waals surface area (Å²) in [6.45, 7) is 0.151. The van der Waals surface area contributed by atoms with Gasteiger partial charge in [0.1, 0.15) is 12.6 Å². The number of nitrogens with zero attached hydrogens (tertiary/aromatic N) is 3. The number of carbonyl (C=O) groups is 2. The predicted octanol–water partition coefficient (Wildman–Crippen LogP) is 5.09. The summed E-state index contributed by atoms with van der Waals surface area (Å²) in [5.74, 6) is 0.268. The molecule has 33 heavy (non-hydrogen) atoms. The van der Waals surface area contributed by atoms with Crippen LogP contribution in [0.15, 0.2) is 72.9 Å². The molecule has 0 bridgehead atoms. The number of benzene rings is 2. The molecule has 2 saturated carbocycles. The summed E-state index contributed by atoms with van der Waals surface area (Å²) in [4.78, 5) is 31.2. The van der Waals surface area contributed by atoms with Gasteiger partial charge in [-0.05, 0) is 55.5 Å². The van der Waals surface area contributed by atoms with E-state index in [2.05, 4.69) is 35.0 Å². The van der Waals surface area contributed by atoms with E-state index in [0.717, 1.165) is 61.2 Å². The molecule has 5 nitrogen and oxygen atoms in total. The normalized spacial score (nSPS) is 19.8. The standard InChI is InChI=1S/C28H29N3O2/c32-26(19-30(22-16-17-22)28(33)21-11-4-5-12-21)31-24-14-7-6-13-23(24)29-18-8-15-25(29)27(31)20-9-2-1-3-10-20/h1-3,6-10,13-15,18,21-22,27H,4-5,11-12,16-17,19H2. The number of anilines is 1. The first-order chi connectivity index (χ1) is 16.2. The van der Waals surface area contributed by atoms with E-state index in [1.165, 1.54) is 0 Å². The second-order valence-electron chi connectivity index (χ2n) is 9.55. The number of fused-ring (bicyclic) bond motifs is 3. The fourth-order valence-electron chi connectivity index (χ4n) is 5.62. The van der Waals surface area contributed by atoms with E-state index in [0.29, 0.717) is 0 Å². The summed E-state index contributed by atoms with van der Waals surface area (Å²) in [7, 11) is 0. The Morgan fingerprint density at radius 3 is 2.24 bits per heavy atom. The lowest BCUT2D eigenvalue weighted by molar-refractivity contribution is -0.139. The molecular weight excluding hydrogens is 410 g/mol. The van der Waals surface area contributed by atoms with Crippen molar-refractivity contribution in [2.45, 2.75) is 50.6 Å². The molecule has 2 aromatic carbocycles. The van der Waals surface area contributed by atoms with Crippen molar-refractivity contribution in [1.29, 1.82) is 0 Å². The van der Waals surface area contributed by atoms with Crippen LogP contribution in [0.25, 0.3) is 5.69 Å². The van der Waals surface area contributed by atoms with Crippen molar-refractivity contribution >= 4 is 17.5 Å². The predicted molar refractivity (Wildman–Crippen MR) is 128 cm³/mol. The van der Waals surface area contributed by atoms with Gasteiger partial charge in [-0.25, -0.2) is 0 Å². The molecule has 5 heteroatoms. The van der Waals surface area contributed by atoms with Gasteiger partial charge in [0, 0.05) is 18.2 Å². The van der Waals surface area contributed by atoms with Crippen LogP contribution < -0.4 is 4.90 Å². The summed E-state index contributed by atoms with van der Waals surface area (Å²) in [5, 5.41) is 0. The quantitative estimate of drug-likeness (QED) is 0.556. The molecule has 0 saturated heterocycles. The molecule has 168 valence electrons. The van der Waals surface area contributed by atoms with Gasteiger partial charge in [-0.2, -0.15) is 0 Å². The highest BCUT2D eigenvalue weighted by molar-refractivity contribution is 6.00. The zero-order chi connectivity index (χ0) is 22.4. The molecule has 1 atom stereocenters. The van der Waals surface area contributed by atoms with E-state index in [1.54, 1.807) is 0 Å². The van der Waals surface area contributed by atoms with E-state index >= 15 is 0 Å². The van der Waals surface area contributed by atoms with Gasteiger partial charge in [0.05, 0.1) is 17.1 Å². The zero-order valence-electron chi connectivity index (χ0n) is 18.8. The van der Waals surface area contributed by atoms with Crippen molar-refractivity contribution in [2.24, 2.45) is 5.92 Å². The minimum atomic E-state index is -0.230. The second kappa shape index (κ2) is 8.22. The van der Waals surface area contributed by atoms with Gasteiger partial charge in [-0.1, -0.05) is 55.3 Å². The Bertz CT molecular complexity index is 1170. The van der Waals surface area contributed by atoms with Crippen molar-refractivity contribution in [2.75, 3.05) is 11.4 Å². The Morgan fingerprint density at radius 2 is 1.52 bits per heavy atom. The molecule has 3 aromatic rings. The molecule has 6 rings (SSSR count). The van der Waals surface area contributed by atoms with Crippen molar-refractivity contribution in [1.82, 2.24) is 9.47 Å². The Morgan fingerprint density at radius 1 is 0.818 bits per heavy atom. The molecule has 2 aliphatic carbocycles. The zero-order valence-corrected chi connectivity index (χ0v) is 18.8. The summed E-state index contributed by atoms with van der Waals surface area (Å²) in [5.41, 5.74) is 4.02. The monoisotopic (exact) mass is 439 g/mol. The van der Waals surface area contributed by atoms with Crippen LogP contribution in [0.5, 0.6) is 0 Å². The maximum absolute atomic E-state index is 14.1. The minimum absolute atomic E-state index is 0.0120. The molecule has 1 aliphatic heterocycles. The highest BCUT2D eigenvalue weighted by Crippen LogP contribution is 2.42. The third-order valence-electron chi connectivity index (χ3n) is 7.38. The Kier molecular flexibility index (Phi) is 5.05. The van der Waals surface area contributed by atoms with Crippen LogP contribution in [0.2, 0.25) is 0 Å². The number of aromatic nitrogens is 1. The first-order valence-corrected chi connectivity index (χ1v) is 12.2. The second-order valence-corrected chi connectivity index (χ2v) is 9.55. The number of para-hydroxylation sites is 2. The first kappa shape index (κ1) is 20.3. The first-order valence-electron chi connectivity index (χ1n) is 12.2. The fraction of sp³-hybridized carbons (Fsp3) is 0.357. The Labute approximate surface area is 194 Å². The van der Waals surface area contributed by atoms with Crippen LogP contribution in [0, 0.1) is 5.92 Å². The lowest BCUT2D eigenvalue weighted by Gasteiger charge is -2.39. The average molecular weight is 440 g/mol. The molecule has 0 N–H and O–H groups in total. The third kappa shape index (κ3) is 3.56. The molecule has 0 spiro atoms. The van der Waals surface area contributed by atoms with Crippen LogP contribution in [-0.4, -0.2) is 33.9 Å². The number of hydrogen-bond acceptors (Lipinski definition) is 2. The lowest BCUT2D eigenvalue weighted by atomic mass is 9.97. The highest BCUT2D eigenvalue weighted by atomic mass is 16.2. The molecule has 2 heterocycles. The molecule has 2 fully saturated rings. The number of rotatable bonds is 5. The van der Waals surface area contributed by atoms with Gasteiger partial charge in [-0.3, -0.25) is 14.5 Å². The maximum Gasteiger partial charge on any atom is 0.247 e. The Hall–Kier alpha value is -3.34. The van der Waals surface area contributed by atoms with Crippen molar-refractivity contribution in [3.63, 3.8) is 0 Å². The van der Waals surface area contributed by atoms with Crippen molar-refractivity contribution in [3.05, 3.63) is 84.2 Å². The number of hydrogen-bond donors (Lipinski definition) is 0. The summed E-state index contributed by atoms with van der Waals surface area (Å²) >= 11 is 0. The average Bonchev–Trinajstić information content (AvgIpc) is 3.32. The van der Waals surface area contributed by atoms with Crippen LogP contribution in [0.4, 0.5) is 5.69 Å². The summed E-state index contributed by atoms with van der Waals surface area (Å²) in [6, 6.07) is 22.4. The van der Waals surface area contributed by atoms with E-state index in [-0.39, 0.29) is 36.4 Å². The molecule has 1 unspecified atom stereocenters. The minimum Gasteiger partial charge on any atom is -0.330 e. The van der Waals surface area contributed by atoms with Crippen molar-refractivity contribution in [3.8, 4) is 5.69 Å². The number of carbonyl (C=O) groups excluding carboxylic acids is 2. The van der Waals surface area contributed by atoms with E-state index in [4.69, 9.17) is 0 Å². The number of amides is 2.